The van der Waals surface area contributed by atoms with Crippen LogP contribution >= 0.6 is 0 Å². The molecule has 2 rings (SSSR count). The topological polar surface area (TPSA) is 88.1 Å². The largest absolute Gasteiger partial charge is 0.478 e. The molecule has 2 aromatic rings. The van der Waals surface area contributed by atoms with Crippen molar-refractivity contribution in [1.82, 2.24) is 15.2 Å². The number of methoxy groups -OCH3 is 1. The first-order valence-electron chi connectivity index (χ1n) is 6.84. The zero-order valence-electron chi connectivity index (χ0n) is 12.4. The monoisotopic (exact) mass is 289 g/mol. The minimum atomic E-state index is -0.928. The van der Waals surface area contributed by atoms with E-state index in [1.807, 2.05) is 19.9 Å². The molecule has 0 saturated carbocycles. The quantitative estimate of drug-likeness (QED) is 0.851. The Balaban J connectivity index is 2.41. The van der Waals surface area contributed by atoms with E-state index < -0.39 is 5.97 Å². The fraction of sp³-hybridized carbons (Fsp3) is 0.400. The van der Waals surface area contributed by atoms with Gasteiger partial charge in [0.25, 0.3) is 0 Å². The van der Waals surface area contributed by atoms with Crippen molar-refractivity contribution < 1.29 is 14.6 Å². The normalized spacial score (nSPS) is 10.8. The number of benzene rings is 1. The van der Waals surface area contributed by atoms with Crippen LogP contribution < -0.4 is 0 Å². The van der Waals surface area contributed by atoms with Crippen molar-refractivity contribution in [1.29, 1.82) is 0 Å². The van der Waals surface area contributed by atoms with E-state index in [0.29, 0.717) is 24.4 Å². The maximum absolute atomic E-state index is 11.4. The third-order valence-electron chi connectivity index (χ3n) is 3.48. The van der Waals surface area contributed by atoms with Gasteiger partial charge in [-0.15, -0.1) is 10.2 Å². The Bertz CT molecular complexity index is 650. The summed E-state index contributed by atoms with van der Waals surface area (Å²) in [6, 6.07) is 3.60. The molecule has 6 heteroatoms. The second kappa shape index (κ2) is 6.49. The molecule has 0 aliphatic rings. The lowest BCUT2D eigenvalue weighted by molar-refractivity contribution is 0.0696. The van der Waals surface area contributed by atoms with Gasteiger partial charge in [0.1, 0.15) is 5.82 Å². The smallest absolute Gasteiger partial charge is 0.335 e. The summed E-state index contributed by atoms with van der Waals surface area (Å²) in [7, 11) is 1.63. The summed E-state index contributed by atoms with van der Waals surface area (Å²) < 4.78 is 5.00. The van der Waals surface area contributed by atoms with E-state index in [2.05, 4.69) is 15.2 Å². The number of aromatic amines is 1. The van der Waals surface area contributed by atoms with Gasteiger partial charge in [-0.05, 0) is 36.6 Å². The van der Waals surface area contributed by atoms with Gasteiger partial charge < -0.3 is 14.8 Å². The van der Waals surface area contributed by atoms with E-state index in [1.165, 1.54) is 0 Å². The molecule has 0 atom stereocenters. The number of nitrogens with zero attached hydrogens (tertiary/aromatic N) is 2. The van der Waals surface area contributed by atoms with Gasteiger partial charge in [-0.3, -0.25) is 0 Å². The Kier molecular flexibility index (Phi) is 4.70. The van der Waals surface area contributed by atoms with Gasteiger partial charge in [-0.2, -0.15) is 0 Å². The first-order valence-corrected chi connectivity index (χ1v) is 6.84. The highest BCUT2D eigenvalue weighted by atomic mass is 16.5. The number of nitrogens with one attached hydrogen (secondary N) is 1. The molecule has 0 fully saturated rings. The molecule has 0 saturated heterocycles. The summed E-state index contributed by atoms with van der Waals surface area (Å²) >= 11 is 0. The van der Waals surface area contributed by atoms with E-state index >= 15 is 0 Å². The summed E-state index contributed by atoms with van der Waals surface area (Å²) in [6.07, 6.45) is 1.41. The van der Waals surface area contributed by atoms with Crippen LogP contribution in [-0.2, 0) is 17.6 Å². The number of carboxylic acid groups (broad SMARTS) is 1. The van der Waals surface area contributed by atoms with E-state index in [1.54, 1.807) is 13.2 Å². The zero-order chi connectivity index (χ0) is 15.4. The van der Waals surface area contributed by atoms with Crippen LogP contribution in [0.1, 0.15) is 34.2 Å². The Morgan fingerprint density at radius 3 is 2.76 bits per heavy atom. The molecule has 0 spiro atoms. The highest BCUT2D eigenvalue weighted by Gasteiger charge is 2.15. The second-order valence-electron chi connectivity index (χ2n) is 4.83. The van der Waals surface area contributed by atoms with Crippen molar-refractivity contribution in [2.45, 2.75) is 26.7 Å². The first kappa shape index (κ1) is 15.2. The fourth-order valence-electron chi connectivity index (χ4n) is 2.24. The third-order valence-corrected chi connectivity index (χ3v) is 3.48. The van der Waals surface area contributed by atoms with Gasteiger partial charge in [-0.1, -0.05) is 6.92 Å². The Hall–Kier alpha value is -2.21. The number of aromatic nitrogens is 3. The number of carbonyl (C=O) groups is 1. The predicted octanol–water partition coefficient (Wildman–Crippen LogP) is 2.23. The summed E-state index contributed by atoms with van der Waals surface area (Å²) in [5.41, 5.74) is 2.85. The van der Waals surface area contributed by atoms with Gasteiger partial charge in [0.15, 0.2) is 5.82 Å². The molecule has 0 bridgehead atoms. The summed E-state index contributed by atoms with van der Waals surface area (Å²) in [4.78, 5) is 14.5. The highest BCUT2D eigenvalue weighted by molar-refractivity contribution is 5.91. The van der Waals surface area contributed by atoms with Crippen LogP contribution in [0.25, 0.3) is 11.4 Å². The number of hydrogen-bond acceptors (Lipinski definition) is 4. The van der Waals surface area contributed by atoms with E-state index in [-0.39, 0.29) is 0 Å². The average molecular weight is 289 g/mol. The minimum Gasteiger partial charge on any atom is -0.478 e. The summed E-state index contributed by atoms with van der Waals surface area (Å²) in [6.45, 7) is 4.39. The van der Waals surface area contributed by atoms with Crippen molar-refractivity contribution in [3.05, 3.63) is 34.6 Å². The number of H-pyrrole nitrogens is 1. The number of aryl methyl sites for hydroxylation is 1. The van der Waals surface area contributed by atoms with Gasteiger partial charge in [-0.25, -0.2) is 4.79 Å². The molecular formula is C15H19N3O3. The Morgan fingerprint density at radius 2 is 2.14 bits per heavy atom. The van der Waals surface area contributed by atoms with E-state index in [0.717, 1.165) is 28.9 Å². The molecule has 0 aliphatic carbocycles. The SMILES string of the molecule is CCc1cc(-c2nnc(CCOC)[nH]2)cc(C(=O)O)c1C. The third kappa shape index (κ3) is 3.28. The van der Waals surface area contributed by atoms with Crippen molar-refractivity contribution in [2.75, 3.05) is 13.7 Å². The first-order chi connectivity index (χ1) is 10.1. The number of aromatic carboxylic acids is 1. The summed E-state index contributed by atoms with van der Waals surface area (Å²) in [5, 5.41) is 17.5. The number of ether oxygens (including phenoxy) is 1. The predicted molar refractivity (Wildman–Crippen MR) is 78.5 cm³/mol. The van der Waals surface area contributed by atoms with Crippen molar-refractivity contribution >= 4 is 5.97 Å². The van der Waals surface area contributed by atoms with Crippen LogP contribution in [-0.4, -0.2) is 40.0 Å². The molecule has 0 amide bonds. The van der Waals surface area contributed by atoms with Crippen molar-refractivity contribution in [3.8, 4) is 11.4 Å². The standard InChI is InChI=1S/C15H19N3O3/c1-4-10-7-11(8-12(9(10)2)15(19)20)14-16-13(17-18-14)5-6-21-3/h7-8H,4-6H2,1-3H3,(H,19,20)(H,16,17,18). The molecule has 1 heterocycles. The molecule has 2 N–H and O–H groups in total. The van der Waals surface area contributed by atoms with Crippen molar-refractivity contribution in [3.63, 3.8) is 0 Å². The van der Waals surface area contributed by atoms with Crippen LogP contribution in [0.15, 0.2) is 12.1 Å². The van der Waals surface area contributed by atoms with Crippen molar-refractivity contribution in [2.24, 2.45) is 0 Å². The van der Waals surface area contributed by atoms with Gasteiger partial charge in [0.05, 0.1) is 12.2 Å². The lowest BCUT2D eigenvalue weighted by atomic mass is 9.97. The Morgan fingerprint density at radius 1 is 1.38 bits per heavy atom. The number of rotatable bonds is 6. The van der Waals surface area contributed by atoms with Crippen LogP contribution in [0.4, 0.5) is 0 Å². The Labute approximate surface area is 123 Å². The van der Waals surface area contributed by atoms with Gasteiger partial charge in [0.2, 0.25) is 0 Å². The molecule has 6 nitrogen and oxygen atoms in total. The maximum atomic E-state index is 11.4. The molecule has 112 valence electrons. The number of hydrogen-bond donors (Lipinski definition) is 2. The molecule has 1 aromatic heterocycles. The minimum absolute atomic E-state index is 0.305. The molecule has 0 unspecified atom stereocenters. The van der Waals surface area contributed by atoms with Crippen LogP contribution in [0, 0.1) is 6.92 Å². The van der Waals surface area contributed by atoms with E-state index in [4.69, 9.17) is 4.74 Å². The molecular weight excluding hydrogens is 270 g/mol. The fourth-order valence-corrected chi connectivity index (χ4v) is 2.24. The average Bonchev–Trinajstić information content (AvgIpc) is 2.93. The lowest BCUT2D eigenvalue weighted by Gasteiger charge is -2.09. The second-order valence-corrected chi connectivity index (χ2v) is 4.83. The highest BCUT2D eigenvalue weighted by Crippen LogP contribution is 2.24. The van der Waals surface area contributed by atoms with Gasteiger partial charge >= 0.3 is 5.97 Å². The van der Waals surface area contributed by atoms with Gasteiger partial charge in [0, 0.05) is 19.1 Å². The van der Waals surface area contributed by atoms with Crippen LogP contribution in [0.2, 0.25) is 0 Å². The molecule has 1 aromatic carbocycles. The summed E-state index contributed by atoms with van der Waals surface area (Å²) in [5.74, 6) is 0.379. The van der Waals surface area contributed by atoms with E-state index in [9.17, 15) is 9.90 Å². The number of carboxylic acids is 1. The molecule has 0 radical (unpaired) electrons. The van der Waals surface area contributed by atoms with Crippen LogP contribution in [0.5, 0.6) is 0 Å². The molecule has 0 aliphatic heterocycles. The zero-order valence-corrected chi connectivity index (χ0v) is 12.4. The van der Waals surface area contributed by atoms with Crippen LogP contribution in [0.3, 0.4) is 0 Å². The maximum Gasteiger partial charge on any atom is 0.335 e. The lowest BCUT2D eigenvalue weighted by Crippen LogP contribution is -2.03. The molecule has 21 heavy (non-hydrogen) atoms.